The molecule has 3 rings (SSSR count). The van der Waals surface area contributed by atoms with Gasteiger partial charge in [0.1, 0.15) is 0 Å². The van der Waals surface area contributed by atoms with Crippen molar-refractivity contribution in [1.29, 1.82) is 0 Å². The molecule has 0 amide bonds. The molecule has 1 N–H and O–H groups in total. The summed E-state index contributed by atoms with van der Waals surface area (Å²) in [5, 5.41) is 3.73. The molecule has 2 atom stereocenters. The molecule has 2 aromatic rings. The molecule has 0 unspecified atom stereocenters. The molecule has 0 spiro atoms. The zero-order valence-electron chi connectivity index (χ0n) is 11.4. The summed E-state index contributed by atoms with van der Waals surface area (Å²) in [5.74, 6) is 0.501. The van der Waals surface area contributed by atoms with Crippen LogP contribution in [0.15, 0.2) is 49.1 Å². The third kappa shape index (κ3) is 2.38. The number of aromatic nitrogens is 2. The minimum atomic E-state index is 0.0852. The van der Waals surface area contributed by atoms with Crippen molar-refractivity contribution in [3.05, 3.63) is 60.2 Å². The van der Waals surface area contributed by atoms with E-state index in [9.17, 15) is 0 Å². The standard InChI is InChI=1S/C16H19N3/c1-16(2)14(12-5-8-17-9-6-12)10-15(19-16)13-4-3-7-18-11-13/h3-9,11,14-15,19H,10H2,1-2H3/t14-,15-/m0/s1. The highest BCUT2D eigenvalue weighted by Crippen LogP contribution is 2.43. The first kappa shape index (κ1) is 12.3. The Kier molecular flexibility index (Phi) is 3.07. The van der Waals surface area contributed by atoms with Gasteiger partial charge in [0.25, 0.3) is 0 Å². The Morgan fingerprint density at radius 3 is 2.53 bits per heavy atom. The van der Waals surface area contributed by atoms with Crippen molar-refractivity contribution in [3.63, 3.8) is 0 Å². The molecule has 0 bridgehead atoms. The van der Waals surface area contributed by atoms with Crippen LogP contribution in [0.1, 0.15) is 43.4 Å². The van der Waals surface area contributed by atoms with E-state index in [1.165, 1.54) is 11.1 Å². The number of rotatable bonds is 2. The van der Waals surface area contributed by atoms with E-state index in [1.54, 1.807) is 0 Å². The van der Waals surface area contributed by atoms with Crippen molar-refractivity contribution < 1.29 is 0 Å². The zero-order chi connectivity index (χ0) is 13.3. The molecule has 1 saturated heterocycles. The average Bonchev–Trinajstić information content (AvgIpc) is 2.77. The smallest absolute Gasteiger partial charge is 0.0346 e. The van der Waals surface area contributed by atoms with E-state index in [0.29, 0.717) is 12.0 Å². The molecule has 0 aliphatic carbocycles. The number of hydrogen-bond donors (Lipinski definition) is 1. The minimum absolute atomic E-state index is 0.0852. The van der Waals surface area contributed by atoms with E-state index >= 15 is 0 Å². The summed E-state index contributed by atoms with van der Waals surface area (Å²) in [6.45, 7) is 4.54. The van der Waals surface area contributed by atoms with Gasteiger partial charge in [-0.1, -0.05) is 6.07 Å². The van der Waals surface area contributed by atoms with Crippen molar-refractivity contribution in [3.8, 4) is 0 Å². The summed E-state index contributed by atoms with van der Waals surface area (Å²) >= 11 is 0. The fraction of sp³-hybridized carbons (Fsp3) is 0.375. The first-order valence-corrected chi connectivity index (χ1v) is 6.74. The van der Waals surface area contributed by atoms with E-state index in [4.69, 9.17) is 0 Å². The first-order chi connectivity index (χ1) is 9.17. The molecular formula is C16H19N3. The topological polar surface area (TPSA) is 37.8 Å². The molecule has 3 heteroatoms. The average molecular weight is 253 g/mol. The van der Waals surface area contributed by atoms with Crippen LogP contribution in [0.4, 0.5) is 0 Å². The molecule has 3 nitrogen and oxygen atoms in total. The quantitative estimate of drug-likeness (QED) is 0.893. The maximum Gasteiger partial charge on any atom is 0.0346 e. The van der Waals surface area contributed by atoms with Gasteiger partial charge in [0.15, 0.2) is 0 Å². The second-order valence-corrected chi connectivity index (χ2v) is 5.77. The Bertz CT molecular complexity index is 536. The molecule has 2 aromatic heterocycles. The predicted molar refractivity (Wildman–Crippen MR) is 75.8 cm³/mol. The zero-order valence-corrected chi connectivity index (χ0v) is 11.4. The van der Waals surface area contributed by atoms with Crippen LogP contribution in [-0.4, -0.2) is 15.5 Å². The van der Waals surface area contributed by atoms with Crippen LogP contribution in [0.3, 0.4) is 0 Å². The van der Waals surface area contributed by atoms with Crippen LogP contribution in [0.2, 0.25) is 0 Å². The number of nitrogens with zero attached hydrogens (tertiary/aromatic N) is 2. The summed E-state index contributed by atoms with van der Waals surface area (Å²) in [6, 6.07) is 8.78. The summed E-state index contributed by atoms with van der Waals surface area (Å²) in [7, 11) is 0. The van der Waals surface area contributed by atoms with E-state index in [-0.39, 0.29) is 5.54 Å². The molecule has 1 aliphatic rings. The summed E-state index contributed by atoms with van der Waals surface area (Å²) in [6.07, 6.45) is 8.64. The molecule has 19 heavy (non-hydrogen) atoms. The van der Waals surface area contributed by atoms with Gasteiger partial charge < -0.3 is 5.32 Å². The monoisotopic (exact) mass is 253 g/mol. The molecule has 0 saturated carbocycles. The Hall–Kier alpha value is -1.74. The second kappa shape index (κ2) is 4.74. The lowest BCUT2D eigenvalue weighted by molar-refractivity contribution is 0.397. The van der Waals surface area contributed by atoms with Crippen molar-refractivity contribution in [1.82, 2.24) is 15.3 Å². The first-order valence-electron chi connectivity index (χ1n) is 6.74. The van der Waals surface area contributed by atoms with E-state index in [0.717, 1.165) is 6.42 Å². The van der Waals surface area contributed by atoms with Crippen molar-refractivity contribution in [2.45, 2.75) is 37.8 Å². The van der Waals surface area contributed by atoms with E-state index in [1.807, 2.05) is 30.9 Å². The van der Waals surface area contributed by atoms with E-state index in [2.05, 4.69) is 47.3 Å². The second-order valence-electron chi connectivity index (χ2n) is 5.77. The molecule has 0 aromatic carbocycles. The molecule has 0 radical (unpaired) electrons. The summed E-state index contributed by atoms with van der Waals surface area (Å²) < 4.78 is 0. The lowest BCUT2D eigenvalue weighted by Gasteiger charge is -2.27. The van der Waals surface area contributed by atoms with Crippen LogP contribution < -0.4 is 5.32 Å². The van der Waals surface area contributed by atoms with Crippen LogP contribution in [0, 0.1) is 0 Å². The lowest BCUT2D eigenvalue weighted by atomic mass is 9.83. The Morgan fingerprint density at radius 2 is 1.84 bits per heavy atom. The third-order valence-electron chi connectivity index (χ3n) is 4.08. The maximum absolute atomic E-state index is 4.22. The van der Waals surface area contributed by atoms with Crippen molar-refractivity contribution >= 4 is 0 Å². The summed E-state index contributed by atoms with van der Waals surface area (Å²) in [4.78, 5) is 8.34. The minimum Gasteiger partial charge on any atom is -0.304 e. The van der Waals surface area contributed by atoms with Crippen molar-refractivity contribution in [2.75, 3.05) is 0 Å². The molecule has 3 heterocycles. The molecular weight excluding hydrogens is 234 g/mol. The Morgan fingerprint density at radius 1 is 1.05 bits per heavy atom. The number of hydrogen-bond acceptors (Lipinski definition) is 3. The largest absolute Gasteiger partial charge is 0.304 e. The van der Waals surface area contributed by atoms with Crippen LogP contribution in [-0.2, 0) is 0 Å². The highest BCUT2D eigenvalue weighted by atomic mass is 15.0. The number of nitrogens with one attached hydrogen (secondary N) is 1. The van der Waals surface area contributed by atoms with Gasteiger partial charge in [-0.15, -0.1) is 0 Å². The highest BCUT2D eigenvalue weighted by Gasteiger charge is 2.41. The van der Waals surface area contributed by atoms with Gasteiger partial charge in [0.05, 0.1) is 0 Å². The predicted octanol–water partition coefficient (Wildman–Crippen LogP) is 3.07. The molecule has 1 fully saturated rings. The molecule has 1 aliphatic heterocycles. The summed E-state index contributed by atoms with van der Waals surface area (Å²) in [5.41, 5.74) is 2.72. The van der Waals surface area contributed by atoms with Crippen LogP contribution in [0.25, 0.3) is 0 Å². The fourth-order valence-corrected chi connectivity index (χ4v) is 3.09. The third-order valence-corrected chi connectivity index (χ3v) is 4.08. The van der Waals surface area contributed by atoms with Crippen molar-refractivity contribution in [2.24, 2.45) is 0 Å². The van der Waals surface area contributed by atoms with E-state index < -0.39 is 0 Å². The van der Waals surface area contributed by atoms with Gasteiger partial charge in [-0.3, -0.25) is 9.97 Å². The van der Waals surface area contributed by atoms with Gasteiger partial charge in [0.2, 0.25) is 0 Å². The van der Waals surface area contributed by atoms with Gasteiger partial charge >= 0.3 is 0 Å². The van der Waals surface area contributed by atoms with Gasteiger partial charge in [-0.2, -0.15) is 0 Å². The normalized spacial score (nSPS) is 25.4. The fourth-order valence-electron chi connectivity index (χ4n) is 3.09. The van der Waals surface area contributed by atoms with Crippen LogP contribution in [0.5, 0.6) is 0 Å². The van der Waals surface area contributed by atoms with Gasteiger partial charge in [-0.05, 0) is 49.6 Å². The Labute approximate surface area is 114 Å². The Balaban J connectivity index is 1.88. The maximum atomic E-state index is 4.22. The lowest BCUT2D eigenvalue weighted by Crippen LogP contribution is -2.37. The van der Waals surface area contributed by atoms with Gasteiger partial charge in [0, 0.05) is 42.3 Å². The van der Waals surface area contributed by atoms with Gasteiger partial charge in [-0.25, -0.2) is 0 Å². The number of pyridine rings is 2. The van der Waals surface area contributed by atoms with Crippen LogP contribution >= 0.6 is 0 Å². The molecule has 98 valence electrons. The highest BCUT2D eigenvalue weighted by molar-refractivity contribution is 5.27. The SMILES string of the molecule is CC1(C)N[C@H](c2cccnc2)C[C@H]1c1ccncc1.